The maximum absolute atomic E-state index is 13.6. The van der Waals surface area contributed by atoms with Crippen molar-refractivity contribution in [2.45, 2.75) is 78.2 Å². The van der Waals surface area contributed by atoms with Crippen LogP contribution in [-0.4, -0.2) is 66.3 Å². The van der Waals surface area contributed by atoms with Crippen molar-refractivity contribution >= 4 is 17.4 Å². The minimum atomic E-state index is -0.120. The molecule has 32 heavy (non-hydrogen) atoms. The molecular formula is C27H41N3O2. The normalized spacial score (nSPS) is 18.2. The van der Waals surface area contributed by atoms with Crippen molar-refractivity contribution in [3.63, 3.8) is 0 Å². The number of unbranched alkanes of at least 4 members (excludes halogenated alkanes) is 5. The van der Waals surface area contributed by atoms with E-state index in [1.54, 1.807) is 0 Å². The van der Waals surface area contributed by atoms with Crippen LogP contribution in [0.4, 0.5) is 0 Å². The van der Waals surface area contributed by atoms with Crippen molar-refractivity contribution in [3.8, 4) is 0 Å². The summed E-state index contributed by atoms with van der Waals surface area (Å²) in [5.41, 5.74) is 4.31. The number of carbonyl (C=O) groups excluding carboxylic acids is 2. The number of piperidine rings is 1. The Labute approximate surface area is 194 Å². The smallest absolute Gasteiger partial charge is 0.277 e. The molecule has 1 aromatic rings. The second-order valence-corrected chi connectivity index (χ2v) is 9.72. The molecule has 5 heteroatoms. The third-order valence-corrected chi connectivity index (χ3v) is 7.12. The number of likely N-dealkylation sites (N-methyl/N-ethyl adjacent to an activating group) is 1. The third-order valence-electron chi connectivity index (χ3n) is 7.12. The number of hydrogen-bond donors (Lipinski definition) is 0. The fourth-order valence-corrected chi connectivity index (χ4v) is 5.05. The van der Waals surface area contributed by atoms with E-state index >= 15 is 0 Å². The number of carbonyl (C=O) groups is 2. The first kappa shape index (κ1) is 24.5. The second kappa shape index (κ2) is 11.1. The number of amides is 2. The second-order valence-electron chi connectivity index (χ2n) is 9.72. The van der Waals surface area contributed by atoms with E-state index < -0.39 is 0 Å². The lowest BCUT2D eigenvalue weighted by molar-refractivity contribution is -0.137. The van der Waals surface area contributed by atoms with Gasteiger partial charge in [-0.2, -0.15) is 0 Å². The first-order chi connectivity index (χ1) is 15.3. The molecule has 3 rings (SSSR count). The van der Waals surface area contributed by atoms with E-state index in [-0.39, 0.29) is 17.9 Å². The number of imide groups is 1. The first-order valence-electron chi connectivity index (χ1n) is 12.4. The summed E-state index contributed by atoms with van der Waals surface area (Å²) in [5.74, 6) is -0.231. The van der Waals surface area contributed by atoms with Gasteiger partial charge in [0.05, 0.1) is 5.57 Å². The molecule has 0 saturated carbocycles. The summed E-state index contributed by atoms with van der Waals surface area (Å²) in [6, 6.07) is 6.44. The van der Waals surface area contributed by atoms with E-state index in [2.05, 4.69) is 36.8 Å². The van der Waals surface area contributed by atoms with E-state index in [0.29, 0.717) is 17.8 Å². The number of aryl methyl sites for hydroxylation is 2. The number of benzene rings is 1. The molecule has 0 atom stereocenters. The fourth-order valence-electron chi connectivity index (χ4n) is 5.05. The van der Waals surface area contributed by atoms with Crippen LogP contribution in [0.1, 0.15) is 75.0 Å². The summed E-state index contributed by atoms with van der Waals surface area (Å²) >= 11 is 0. The van der Waals surface area contributed by atoms with Gasteiger partial charge < -0.3 is 9.80 Å². The molecule has 5 nitrogen and oxygen atoms in total. The molecule has 2 heterocycles. The van der Waals surface area contributed by atoms with Gasteiger partial charge in [-0.3, -0.25) is 14.5 Å². The summed E-state index contributed by atoms with van der Waals surface area (Å²) < 4.78 is 0. The molecule has 2 aliphatic rings. The Morgan fingerprint density at radius 1 is 0.969 bits per heavy atom. The highest BCUT2D eigenvalue weighted by molar-refractivity contribution is 6.35. The van der Waals surface area contributed by atoms with Crippen LogP contribution in [-0.2, 0) is 9.59 Å². The van der Waals surface area contributed by atoms with Gasteiger partial charge in [-0.15, -0.1) is 0 Å². The lowest BCUT2D eigenvalue weighted by atomic mass is 9.96. The summed E-state index contributed by atoms with van der Waals surface area (Å²) in [5, 5.41) is 0. The van der Waals surface area contributed by atoms with Gasteiger partial charge in [-0.25, -0.2) is 0 Å². The van der Waals surface area contributed by atoms with Gasteiger partial charge in [0, 0.05) is 19.6 Å². The maximum Gasteiger partial charge on any atom is 0.277 e. The zero-order valence-electron chi connectivity index (χ0n) is 20.7. The van der Waals surface area contributed by atoms with Crippen molar-refractivity contribution in [2.75, 3.05) is 33.7 Å². The molecule has 176 valence electrons. The molecular weight excluding hydrogens is 398 g/mol. The summed E-state index contributed by atoms with van der Waals surface area (Å²) in [7, 11) is 4.15. The van der Waals surface area contributed by atoms with Gasteiger partial charge in [-0.05, 0) is 64.4 Å². The molecule has 0 unspecified atom stereocenters. The molecule has 0 N–H and O–H groups in total. The fraction of sp³-hybridized carbons (Fsp3) is 0.630. The van der Waals surface area contributed by atoms with Crippen molar-refractivity contribution in [1.82, 2.24) is 14.7 Å². The molecule has 0 aliphatic carbocycles. The molecule has 0 spiro atoms. The maximum atomic E-state index is 13.6. The molecule has 1 aromatic carbocycles. The zero-order valence-corrected chi connectivity index (χ0v) is 20.7. The topological polar surface area (TPSA) is 43.9 Å². The van der Waals surface area contributed by atoms with Gasteiger partial charge in [0.1, 0.15) is 5.70 Å². The minimum absolute atomic E-state index is 0.111. The van der Waals surface area contributed by atoms with Gasteiger partial charge in [-0.1, -0.05) is 62.8 Å². The average molecular weight is 440 g/mol. The van der Waals surface area contributed by atoms with Crippen molar-refractivity contribution in [1.29, 1.82) is 0 Å². The Bertz CT molecular complexity index is 852. The lowest BCUT2D eigenvalue weighted by Crippen LogP contribution is -2.43. The minimum Gasteiger partial charge on any atom is -0.366 e. The van der Waals surface area contributed by atoms with Gasteiger partial charge in [0.25, 0.3) is 11.8 Å². The Morgan fingerprint density at radius 3 is 2.28 bits per heavy atom. The van der Waals surface area contributed by atoms with E-state index in [1.165, 1.54) is 30.6 Å². The summed E-state index contributed by atoms with van der Waals surface area (Å²) in [4.78, 5) is 33.1. The number of hydrogen-bond acceptors (Lipinski definition) is 4. The number of rotatable bonds is 10. The summed E-state index contributed by atoms with van der Waals surface area (Å²) in [6.07, 6.45) is 8.84. The van der Waals surface area contributed by atoms with Crippen LogP contribution in [0.3, 0.4) is 0 Å². The lowest BCUT2D eigenvalue weighted by Gasteiger charge is -2.36. The highest BCUT2D eigenvalue weighted by Crippen LogP contribution is 2.35. The highest BCUT2D eigenvalue weighted by Gasteiger charge is 2.42. The number of nitrogens with zero attached hydrogens (tertiary/aromatic N) is 3. The summed E-state index contributed by atoms with van der Waals surface area (Å²) in [6.45, 7) is 8.86. The van der Waals surface area contributed by atoms with Gasteiger partial charge >= 0.3 is 0 Å². The molecule has 0 bridgehead atoms. The van der Waals surface area contributed by atoms with Crippen LogP contribution >= 0.6 is 0 Å². The Kier molecular flexibility index (Phi) is 8.52. The quantitative estimate of drug-likeness (QED) is 0.389. The van der Waals surface area contributed by atoms with E-state index in [0.717, 1.165) is 55.5 Å². The Hall–Kier alpha value is -2.14. The van der Waals surface area contributed by atoms with Crippen LogP contribution in [0.5, 0.6) is 0 Å². The standard InChI is InChI=1S/C27H41N3O2/c1-6-7-8-9-10-11-16-30-26(31)24(23-13-12-20(2)19-21(23)3)25(27(30)32)29(5)22-14-17-28(4)18-15-22/h12-13,19,22H,6-11,14-18H2,1-5H3. The van der Waals surface area contributed by atoms with Crippen LogP contribution in [0.25, 0.3) is 5.57 Å². The average Bonchev–Trinajstić information content (AvgIpc) is 3.00. The van der Waals surface area contributed by atoms with Crippen LogP contribution in [0.15, 0.2) is 23.9 Å². The van der Waals surface area contributed by atoms with E-state index in [4.69, 9.17) is 0 Å². The monoisotopic (exact) mass is 439 g/mol. The van der Waals surface area contributed by atoms with E-state index in [1.807, 2.05) is 26.1 Å². The Morgan fingerprint density at radius 2 is 1.62 bits per heavy atom. The molecule has 1 saturated heterocycles. The van der Waals surface area contributed by atoms with E-state index in [9.17, 15) is 9.59 Å². The van der Waals surface area contributed by atoms with Crippen LogP contribution in [0.2, 0.25) is 0 Å². The Balaban J connectivity index is 1.85. The van der Waals surface area contributed by atoms with Gasteiger partial charge in [0.2, 0.25) is 0 Å². The van der Waals surface area contributed by atoms with Crippen molar-refractivity contribution in [3.05, 3.63) is 40.6 Å². The molecule has 2 amide bonds. The molecule has 2 aliphatic heterocycles. The van der Waals surface area contributed by atoms with Gasteiger partial charge in [0.15, 0.2) is 0 Å². The molecule has 1 fully saturated rings. The van der Waals surface area contributed by atoms with Crippen LogP contribution < -0.4 is 0 Å². The van der Waals surface area contributed by atoms with Crippen LogP contribution in [0, 0.1) is 13.8 Å². The highest BCUT2D eigenvalue weighted by atomic mass is 16.2. The van der Waals surface area contributed by atoms with Crippen molar-refractivity contribution in [2.24, 2.45) is 0 Å². The predicted molar refractivity (Wildman–Crippen MR) is 131 cm³/mol. The first-order valence-corrected chi connectivity index (χ1v) is 12.4. The third kappa shape index (κ3) is 5.43. The number of likely N-dealkylation sites (tertiary alicyclic amines) is 1. The zero-order chi connectivity index (χ0) is 23.3. The SMILES string of the molecule is CCCCCCCCN1C(=O)C(c2ccc(C)cc2C)=C(N(C)C2CCN(C)CC2)C1=O. The molecule has 0 aromatic heterocycles. The van der Waals surface area contributed by atoms with Crippen molar-refractivity contribution < 1.29 is 9.59 Å². The molecule has 0 radical (unpaired) electrons. The largest absolute Gasteiger partial charge is 0.366 e. The predicted octanol–water partition coefficient (Wildman–Crippen LogP) is 4.77.